The Balaban J connectivity index is 2.26. The number of fused-ring (bicyclic) bond motifs is 1. The SMILES string of the molecule is O=C(O)c1c(Br)cnc2nc(-c3cccc(F)c3)[nH]c12. The van der Waals surface area contributed by atoms with Gasteiger partial charge >= 0.3 is 5.97 Å². The van der Waals surface area contributed by atoms with Crippen LogP contribution >= 0.6 is 15.9 Å². The predicted molar refractivity (Wildman–Crippen MR) is 73.9 cm³/mol. The van der Waals surface area contributed by atoms with Crippen molar-refractivity contribution in [3.05, 3.63) is 46.3 Å². The monoisotopic (exact) mass is 335 g/mol. The highest BCUT2D eigenvalue weighted by Crippen LogP contribution is 2.26. The number of rotatable bonds is 2. The van der Waals surface area contributed by atoms with Gasteiger partial charge in [0.1, 0.15) is 22.7 Å². The summed E-state index contributed by atoms with van der Waals surface area (Å²) in [4.78, 5) is 22.4. The van der Waals surface area contributed by atoms with E-state index in [9.17, 15) is 14.3 Å². The summed E-state index contributed by atoms with van der Waals surface area (Å²) in [6.07, 6.45) is 1.38. The molecule has 0 aliphatic carbocycles. The first-order valence-electron chi connectivity index (χ1n) is 5.59. The average molecular weight is 336 g/mol. The molecule has 0 bridgehead atoms. The molecule has 0 amide bonds. The van der Waals surface area contributed by atoms with Crippen molar-refractivity contribution in [3.8, 4) is 11.4 Å². The molecular formula is C13H7BrFN3O2. The molecule has 5 nitrogen and oxygen atoms in total. The molecule has 0 saturated heterocycles. The van der Waals surface area contributed by atoms with Gasteiger partial charge in [-0.2, -0.15) is 0 Å². The number of nitrogens with one attached hydrogen (secondary N) is 1. The molecule has 0 atom stereocenters. The highest BCUT2D eigenvalue weighted by atomic mass is 79.9. The second-order valence-electron chi connectivity index (χ2n) is 4.08. The number of pyridine rings is 1. The lowest BCUT2D eigenvalue weighted by Gasteiger charge is -1.98. The molecule has 0 aliphatic heterocycles. The maximum Gasteiger partial charge on any atom is 0.339 e. The Bertz CT molecular complexity index is 832. The van der Waals surface area contributed by atoms with E-state index in [1.807, 2.05) is 0 Å². The second-order valence-corrected chi connectivity index (χ2v) is 4.93. The van der Waals surface area contributed by atoms with Crippen LogP contribution in [0.3, 0.4) is 0 Å². The molecule has 0 aliphatic rings. The Morgan fingerprint density at radius 3 is 2.90 bits per heavy atom. The maximum atomic E-state index is 13.2. The van der Waals surface area contributed by atoms with Gasteiger partial charge in [-0.1, -0.05) is 12.1 Å². The van der Waals surface area contributed by atoms with E-state index in [4.69, 9.17) is 0 Å². The summed E-state index contributed by atoms with van der Waals surface area (Å²) in [5, 5.41) is 9.22. The largest absolute Gasteiger partial charge is 0.478 e. The fraction of sp³-hybridized carbons (Fsp3) is 0. The number of halogens is 2. The van der Waals surface area contributed by atoms with Crippen LogP contribution in [0, 0.1) is 5.82 Å². The van der Waals surface area contributed by atoms with Crippen LogP contribution < -0.4 is 0 Å². The van der Waals surface area contributed by atoms with Crippen LogP contribution in [0.4, 0.5) is 4.39 Å². The van der Waals surface area contributed by atoms with Crippen molar-refractivity contribution >= 4 is 33.1 Å². The van der Waals surface area contributed by atoms with Crippen LogP contribution in [0.5, 0.6) is 0 Å². The molecule has 7 heteroatoms. The molecule has 2 heterocycles. The van der Waals surface area contributed by atoms with Gasteiger partial charge in [0.25, 0.3) is 0 Å². The predicted octanol–water partition coefficient (Wildman–Crippen LogP) is 3.22. The Hall–Kier alpha value is -2.28. The summed E-state index contributed by atoms with van der Waals surface area (Å²) >= 11 is 3.14. The van der Waals surface area contributed by atoms with Gasteiger partial charge in [-0.25, -0.2) is 19.2 Å². The number of aromatic nitrogens is 3. The zero-order valence-corrected chi connectivity index (χ0v) is 11.5. The van der Waals surface area contributed by atoms with E-state index in [0.717, 1.165) is 0 Å². The first-order valence-corrected chi connectivity index (χ1v) is 6.39. The van der Waals surface area contributed by atoms with Crippen LogP contribution in [0.1, 0.15) is 10.4 Å². The Morgan fingerprint density at radius 1 is 1.40 bits per heavy atom. The smallest absolute Gasteiger partial charge is 0.339 e. The van der Waals surface area contributed by atoms with Crippen molar-refractivity contribution in [2.45, 2.75) is 0 Å². The standard InChI is InChI=1S/C13H7BrFN3O2/c14-8-5-16-12-10(9(8)13(19)20)17-11(18-12)6-2-1-3-7(15)4-6/h1-5H,(H,19,20)(H,16,17,18). The van der Waals surface area contributed by atoms with Crippen LogP contribution in [-0.4, -0.2) is 26.0 Å². The summed E-state index contributed by atoms with van der Waals surface area (Å²) in [5.41, 5.74) is 1.14. The third-order valence-electron chi connectivity index (χ3n) is 2.79. The number of hydrogen-bond acceptors (Lipinski definition) is 3. The molecule has 2 N–H and O–H groups in total. The number of hydrogen-bond donors (Lipinski definition) is 2. The number of aromatic amines is 1. The number of carboxylic acid groups (broad SMARTS) is 1. The summed E-state index contributed by atoms with van der Waals surface area (Å²) in [6, 6.07) is 5.87. The van der Waals surface area contributed by atoms with Gasteiger partial charge in [0.2, 0.25) is 0 Å². The van der Waals surface area contributed by atoms with E-state index >= 15 is 0 Å². The highest BCUT2D eigenvalue weighted by molar-refractivity contribution is 9.10. The van der Waals surface area contributed by atoms with Crippen molar-refractivity contribution < 1.29 is 14.3 Å². The van der Waals surface area contributed by atoms with Gasteiger partial charge in [0.05, 0.1) is 4.47 Å². The van der Waals surface area contributed by atoms with E-state index in [-0.39, 0.29) is 11.2 Å². The molecule has 100 valence electrons. The molecule has 20 heavy (non-hydrogen) atoms. The average Bonchev–Trinajstić information content (AvgIpc) is 2.81. The molecule has 0 saturated carbocycles. The van der Waals surface area contributed by atoms with E-state index < -0.39 is 11.8 Å². The Morgan fingerprint density at radius 2 is 2.20 bits per heavy atom. The van der Waals surface area contributed by atoms with E-state index in [0.29, 0.717) is 21.4 Å². The minimum absolute atomic E-state index is 0.0464. The van der Waals surface area contributed by atoms with Crippen molar-refractivity contribution in [2.24, 2.45) is 0 Å². The molecule has 0 radical (unpaired) electrons. The van der Waals surface area contributed by atoms with Gasteiger partial charge < -0.3 is 10.1 Å². The number of aromatic carboxylic acids is 1. The maximum absolute atomic E-state index is 13.2. The van der Waals surface area contributed by atoms with Crippen molar-refractivity contribution in [3.63, 3.8) is 0 Å². The normalized spacial score (nSPS) is 10.9. The number of H-pyrrole nitrogens is 1. The molecule has 0 spiro atoms. The quantitative estimate of drug-likeness (QED) is 0.753. The molecule has 2 aromatic heterocycles. The van der Waals surface area contributed by atoms with Gasteiger partial charge in [-0.3, -0.25) is 0 Å². The third kappa shape index (κ3) is 2.05. The fourth-order valence-electron chi connectivity index (χ4n) is 1.92. The van der Waals surface area contributed by atoms with E-state index in [2.05, 4.69) is 30.9 Å². The van der Waals surface area contributed by atoms with E-state index in [1.165, 1.54) is 18.3 Å². The van der Waals surface area contributed by atoms with Gasteiger partial charge in [-0.05, 0) is 28.1 Å². The van der Waals surface area contributed by atoms with Gasteiger partial charge in [-0.15, -0.1) is 0 Å². The van der Waals surface area contributed by atoms with Crippen LogP contribution in [0.25, 0.3) is 22.6 Å². The number of carboxylic acids is 1. The summed E-state index contributed by atoms with van der Waals surface area (Å²) in [5.74, 6) is -1.12. The first kappa shape index (κ1) is 12.7. The summed E-state index contributed by atoms with van der Waals surface area (Å²) in [7, 11) is 0. The van der Waals surface area contributed by atoms with Crippen LogP contribution in [-0.2, 0) is 0 Å². The Kier molecular flexibility index (Phi) is 2.98. The highest BCUT2D eigenvalue weighted by Gasteiger charge is 2.18. The van der Waals surface area contributed by atoms with Crippen LogP contribution in [0.2, 0.25) is 0 Å². The lowest BCUT2D eigenvalue weighted by atomic mass is 10.2. The number of imidazole rings is 1. The Labute approximate surface area is 120 Å². The van der Waals surface area contributed by atoms with Gasteiger partial charge in [0.15, 0.2) is 5.65 Å². The first-order chi connectivity index (χ1) is 9.56. The zero-order chi connectivity index (χ0) is 14.3. The lowest BCUT2D eigenvalue weighted by molar-refractivity contribution is 0.0698. The molecule has 0 fully saturated rings. The molecule has 3 rings (SSSR count). The number of carbonyl (C=O) groups is 1. The molecule has 1 aromatic carbocycles. The topological polar surface area (TPSA) is 78.9 Å². The minimum Gasteiger partial charge on any atom is -0.478 e. The van der Waals surface area contributed by atoms with Crippen molar-refractivity contribution in [1.29, 1.82) is 0 Å². The van der Waals surface area contributed by atoms with Gasteiger partial charge in [0, 0.05) is 11.8 Å². The second kappa shape index (κ2) is 4.68. The molecule has 3 aromatic rings. The minimum atomic E-state index is -1.10. The van der Waals surface area contributed by atoms with Crippen LogP contribution in [0.15, 0.2) is 34.9 Å². The molecular weight excluding hydrogens is 329 g/mol. The number of benzene rings is 1. The summed E-state index contributed by atoms with van der Waals surface area (Å²) < 4.78 is 13.6. The lowest BCUT2D eigenvalue weighted by Crippen LogP contribution is -2.00. The zero-order valence-electron chi connectivity index (χ0n) is 9.89. The summed E-state index contributed by atoms with van der Waals surface area (Å²) in [6.45, 7) is 0. The van der Waals surface area contributed by atoms with Crippen molar-refractivity contribution in [2.75, 3.05) is 0 Å². The number of nitrogens with zero attached hydrogens (tertiary/aromatic N) is 2. The van der Waals surface area contributed by atoms with E-state index in [1.54, 1.807) is 12.1 Å². The van der Waals surface area contributed by atoms with Crippen molar-refractivity contribution in [1.82, 2.24) is 15.0 Å². The molecule has 0 unspecified atom stereocenters. The third-order valence-corrected chi connectivity index (χ3v) is 3.39. The fourth-order valence-corrected chi connectivity index (χ4v) is 2.39.